The van der Waals surface area contributed by atoms with E-state index in [2.05, 4.69) is 17.7 Å². The van der Waals surface area contributed by atoms with Crippen LogP contribution in [0.2, 0.25) is 0 Å². The molecule has 0 aromatic carbocycles. The van der Waals surface area contributed by atoms with E-state index in [1.807, 2.05) is 6.07 Å². The summed E-state index contributed by atoms with van der Waals surface area (Å²) in [5.41, 5.74) is -0.275. The molecule has 1 N–H and O–H groups in total. The van der Waals surface area contributed by atoms with Gasteiger partial charge in [-0.2, -0.15) is 5.26 Å². The van der Waals surface area contributed by atoms with Crippen molar-refractivity contribution in [2.75, 3.05) is 19.6 Å². The molecule has 106 valence electrons. The van der Waals surface area contributed by atoms with Crippen molar-refractivity contribution in [1.29, 1.82) is 10.7 Å². The zero-order valence-corrected chi connectivity index (χ0v) is 12.3. The van der Waals surface area contributed by atoms with Crippen LogP contribution in [0.25, 0.3) is 0 Å². The van der Waals surface area contributed by atoms with Crippen LogP contribution in [0, 0.1) is 28.1 Å². The Morgan fingerprint density at radius 2 is 2.20 bits per heavy atom. The maximum absolute atomic E-state index is 11.9. The number of likely N-dealkylation sites (tertiary alicyclic amines) is 1. The third kappa shape index (κ3) is 2.29. The highest BCUT2D eigenvalue weighted by Gasteiger charge is 2.54. The zero-order valence-electron chi connectivity index (χ0n) is 11.4. The number of rotatable bonds is 2. The Bertz CT molecular complexity index is 523. The molecule has 0 unspecified atom stereocenters. The molecule has 6 heteroatoms. The van der Waals surface area contributed by atoms with E-state index in [1.165, 1.54) is 0 Å². The number of carbonyl (C=O) groups excluding carboxylic acids is 1. The Kier molecular flexibility index (Phi) is 4.34. The van der Waals surface area contributed by atoms with Gasteiger partial charge in [0.2, 0.25) is 5.05 Å². The minimum atomic E-state index is -0.883. The van der Waals surface area contributed by atoms with E-state index in [0.29, 0.717) is 18.4 Å². The average Bonchev–Trinajstić information content (AvgIpc) is 2.42. The molecule has 5 nitrogen and oxygen atoms in total. The number of piperidine rings is 1. The van der Waals surface area contributed by atoms with E-state index in [9.17, 15) is 10.1 Å². The number of thiocarbonyl (C=S) groups is 1. The SMILES string of the molecule is CCCN1CCC2(CC1)C(=C=N)C(=S)OC(=O)[C@@H]2C#N. The van der Waals surface area contributed by atoms with Crippen LogP contribution in [0.15, 0.2) is 5.57 Å². The van der Waals surface area contributed by atoms with E-state index in [0.717, 1.165) is 26.1 Å². The molecule has 0 aliphatic carbocycles. The van der Waals surface area contributed by atoms with Gasteiger partial charge in [-0.1, -0.05) is 6.92 Å². The fourth-order valence-corrected chi connectivity index (χ4v) is 3.49. The summed E-state index contributed by atoms with van der Waals surface area (Å²) in [7, 11) is 0. The second-order valence-electron chi connectivity index (χ2n) is 5.27. The van der Waals surface area contributed by atoms with Gasteiger partial charge < -0.3 is 9.64 Å². The minimum absolute atomic E-state index is 0.0143. The van der Waals surface area contributed by atoms with Gasteiger partial charge >= 0.3 is 5.97 Å². The molecule has 2 rings (SSSR count). The molecule has 2 saturated heterocycles. The van der Waals surface area contributed by atoms with E-state index in [-0.39, 0.29) is 5.05 Å². The van der Waals surface area contributed by atoms with Crippen LogP contribution in [-0.4, -0.2) is 41.4 Å². The molecular formula is C14H17N3O2S. The lowest BCUT2D eigenvalue weighted by Gasteiger charge is -2.45. The minimum Gasteiger partial charge on any atom is -0.413 e. The smallest absolute Gasteiger partial charge is 0.330 e. The van der Waals surface area contributed by atoms with Crippen LogP contribution >= 0.6 is 12.2 Å². The second-order valence-corrected chi connectivity index (χ2v) is 5.64. The Labute approximate surface area is 123 Å². The van der Waals surface area contributed by atoms with Crippen molar-refractivity contribution in [3.63, 3.8) is 0 Å². The van der Waals surface area contributed by atoms with Gasteiger partial charge in [0.15, 0.2) is 5.92 Å². The number of nitrogens with zero attached hydrogens (tertiary/aromatic N) is 2. The Balaban J connectivity index is 2.34. The molecule has 0 amide bonds. The number of nitriles is 1. The fourth-order valence-electron chi connectivity index (χ4n) is 3.16. The van der Waals surface area contributed by atoms with Gasteiger partial charge in [0.1, 0.15) is 0 Å². The summed E-state index contributed by atoms with van der Waals surface area (Å²) >= 11 is 5.05. The van der Waals surface area contributed by atoms with Gasteiger partial charge in [0, 0.05) is 5.41 Å². The van der Waals surface area contributed by atoms with Crippen molar-refractivity contribution >= 4 is 29.1 Å². The molecule has 20 heavy (non-hydrogen) atoms. The van der Waals surface area contributed by atoms with Crippen LogP contribution < -0.4 is 0 Å². The lowest BCUT2D eigenvalue weighted by Crippen LogP contribution is -2.52. The summed E-state index contributed by atoms with van der Waals surface area (Å²) in [6.45, 7) is 4.73. The molecule has 0 aromatic rings. The summed E-state index contributed by atoms with van der Waals surface area (Å²) < 4.78 is 4.93. The monoisotopic (exact) mass is 291 g/mol. The van der Waals surface area contributed by atoms with E-state index >= 15 is 0 Å². The van der Waals surface area contributed by atoms with Crippen molar-refractivity contribution < 1.29 is 9.53 Å². The largest absolute Gasteiger partial charge is 0.413 e. The predicted molar refractivity (Wildman–Crippen MR) is 77.4 cm³/mol. The number of esters is 1. The van der Waals surface area contributed by atoms with Gasteiger partial charge in [-0.3, -0.25) is 10.2 Å². The average molecular weight is 291 g/mol. The normalized spacial score (nSPS) is 26.0. The molecule has 2 fully saturated rings. The van der Waals surface area contributed by atoms with Crippen molar-refractivity contribution in [2.45, 2.75) is 26.2 Å². The predicted octanol–water partition coefficient (Wildman–Crippen LogP) is 1.68. The third-order valence-corrected chi connectivity index (χ3v) is 4.51. The van der Waals surface area contributed by atoms with Gasteiger partial charge in [0.05, 0.1) is 11.6 Å². The molecule has 0 saturated carbocycles. The van der Waals surface area contributed by atoms with Gasteiger partial charge in [-0.05, 0) is 57.0 Å². The highest BCUT2D eigenvalue weighted by atomic mass is 32.1. The van der Waals surface area contributed by atoms with Crippen LogP contribution in [0.4, 0.5) is 0 Å². The number of ether oxygens (including phenoxy) is 1. The molecule has 1 atom stereocenters. The standard InChI is InChI=1S/C14H17N3O2S/c1-2-5-17-6-3-14(4-7-17)10(8-15)12(18)19-13(20)11(14)9-16/h10,16H,2-7H2,1H3/t10-/m0/s1. The molecule has 0 bridgehead atoms. The highest BCUT2D eigenvalue weighted by Crippen LogP contribution is 2.48. The fraction of sp³-hybridized carbons (Fsp3) is 0.643. The lowest BCUT2D eigenvalue weighted by molar-refractivity contribution is -0.144. The summed E-state index contributed by atoms with van der Waals surface area (Å²) in [6.07, 6.45) is 2.35. The Hall–Kier alpha value is -1.54. The Morgan fingerprint density at radius 3 is 2.70 bits per heavy atom. The topological polar surface area (TPSA) is 77.2 Å². The number of hydrogen-bond donors (Lipinski definition) is 1. The van der Waals surface area contributed by atoms with E-state index in [1.54, 1.807) is 0 Å². The highest BCUT2D eigenvalue weighted by molar-refractivity contribution is 7.80. The molecule has 2 aliphatic rings. The third-order valence-electron chi connectivity index (χ3n) is 4.23. The van der Waals surface area contributed by atoms with Crippen LogP contribution in [0.1, 0.15) is 26.2 Å². The first-order chi connectivity index (χ1) is 9.58. The first-order valence-electron chi connectivity index (χ1n) is 6.77. The molecule has 1 spiro atoms. The number of nitrogens with one attached hydrogen (secondary N) is 1. The van der Waals surface area contributed by atoms with Gasteiger partial charge in [0.25, 0.3) is 0 Å². The first-order valence-corrected chi connectivity index (χ1v) is 7.18. The van der Waals surface area contributed by atoms with Crippen molar-refractivity contribution in [1.82, 2.24) is 4.90 Å². The summed E-state index contributed by atoms with van der Waals surface area (Å²) in [5.74, 6) is 0.858. The van der Waals surface area contributed by atoms with Crippen LogP contribution in [0.5, 0.6) is 0 Å². The maximum Gasteiger partial charge on any atom is 0.330 e. The zero-order chi connectivity index (χ0) is 14.8. The molecule has 0 radical (unpaired) electrons. The summed E-state index contributed by atoms with van der Waals surface area (Å²) in [5, 5.41) is 16.8. The van der Waals surface area contributed by atoms with Crippen LogP contribution in [0.3, 0.4) is 0 Å². The first kappa shape index (κ1) is 14.9. The number of cyclic esters (lactones) is 1. The van der Waals surface area contributed by atoms with E-state index < -0.39 is 17.3 Å². The number of hydrogen-bond acceptors (Lipinski definition) is 6. The quantitative estimate of drug-likeness (QED) is 0.362. The molecule has 2 aliphatic heterocycles. The van der Waals surface area contributed by atoms with Crippen LogP contribution in [-0.2, 0) is 9.53 Å². The van der Waals surface area contributed by atoms with E-state index in [4.69, 9.17) is 22.4 Å². The number of carbonyl (C=O) groups is 1. The summed E-state index contributed by atoms with van der Waals surface area (Å²) in [4.78, 5) is 14.2. The molecule has 2 heterocycles. The van der Waals surface area contributed by atoms with Crippen molar-refractivity contribution in [3.05, 3.63) is 5.57 Å². The van der Waals surface area contributed by atoms with Gasteiger partial charge in [-0.25, -0.2) is 0 Å². The second kappa shape index (κ2) is 5.84. The lowest BCUT2D eigenvalue weighted by atomic mass is 9.63. The van der Waals surface area contributed by atoms with Crippen molar-refractivity contribution in [2.24, 2.45) is 11.3 Å². The Morgan fingerprint density at radius 1 is 1.55 bits per heavy atom. The summed E-state index contributed by atoms with van der Waals surface area (Å²) in [6, 6.07) is 2.05. The molecular weight excluding hydrogens is 274 g/mol. The van der Waals surface area contributed by atoms with Gasteiger partial charge in [-0.15, -0.1) is 0 Å². The maximum atomic E-state index is 11.9. The molecule has 0 aromatic heterocycles. The van der Waals surface area contributed by atoms with Crippen molar-refractivity contribution in [3.8, 4) is 6.07 Å².